The average Bonchev–Trinajstić information content (AvgIpc) is 2.68. The van der Waals surface area contributed by atoms with Crippen molar-refractivity contribution in [1.29, 1.82) is 0 Å². The van der Waals surface area contributed by atoms with Crippen LogP contribution in [0.25, 0.3) is 10.9 Å². The van der Waals surface area contributed by atoms with Crippen LogP contribution < -0.4 is 11.1 Å². The van der Waals surface area contributed by atoms with Gasteiger partial charge in [-0.2, -0.15) is 4.98 Å². The number of nitrogens with two attached hydrogens (primary N) is 1. The lowest BCUT2D eigenvalue weighted by Gasteiger charge is -2.19. The zero-order chi connectivity index (χ0) is 19.4. The maximum absolute atomic E-state index is 12.6. The Balaban J connectivity index is 1.96. The fourth-order valence-corrected chi connectivity index (χ4v) is 3.00. The van der Waals surface area contributed by atoms with Gasteiger partial charge < -0.3 is 16.0 Å². The number of carbonyl (C=O) groups excluding carboxylic acids is 1. The Labute approximate surface area is 158 Å². The van der Waals surface area contributed by atoms with Crippen molar-refractivity contribution in [3.05, 3.63) is 53.9 Å². The van der Waals surface area contributed by atoms with Gasteiger partial charge in [0.05, 0.1) is 17.3 Å². The molecular formula is C20H24N6O. The number of fused-ring (bicyclic) bond motifs is 1. The normalized spacial score (nSPS) is 12.0. The van der Waals surface area contributed by atoms with E-state index in [1.165, 1.54) is 0 Å². The Morgan fingerprint density at radius 1 is 1.19 bits per heavy atom. The molecule has 0 fully saturated rings. The topological polar surface area (TPSA) is 97.0 Å². The molecule has 3 N–H and O–H groups in total. The molecule has 0 saturated carbocycles. The second kappa shape index (κ2) is 7.99. The van der Waals surface area contributed by atoms with Crippen molar-refractivity contribution in [3.63, 3.8) is 0 Å². The quantitative estimate of drug-likeness (QED) is 0.697. The van der Waals surface area contributed by atoms with Crippen molar-refractivity contribution < 1.29 is 4.79 Å². The molecule has 7 heteroatoms. The Morgan fingerprint density at radius 2 is 1.96 bits per heavy atom. The molecule has 1 amide bonds. The number of nitrogens with zero attached hydrogens (tertiary/aromatic N) is 4. The fourth-order valence-electron chi connectivity index (χ4n) is 3.00. The van der Waals surface area contributed by atoms with Gasteiger partial charge in [-0.05, 0) is 51.1 Å². The summed E-state index contributed by atoms with van der Waals surface area (Å²) in [5, 5.41) is 4.16. The molecular weight excluding hydrogens is 340 g/mol. The average molecular weight is 364 g/mol. The molecule has 0 spiro atoms. The van der Waals surface area contributed by atoms with Crippen LogP contribution in [0.15, 0.2) is 42.6 Å². The molecule has 7 nitrogen and oxygen atoms in total. The van der Waals surface area contributed by atoms with Crippen LogP contribution in [0, 0.1) is 0 Å². The van der Waals surface area contributed by atoms with Crippen LogP contribution in [0.2, 0.25) is 0 Å². The van der Waals surface area contributed by atoms with Gasteiger partial charge >= 0.3 is 0 Å². The van der Waals surface area contributed by atoms with E-state index in [9.17, 15) is 4.79 Å². The third kappa shape index (κ3) is 3.97. The van der Waals surface area contributed by atoms with Crippen LogP contribution >= 0.6 is 0 Å². The molecule has 140 valence electrons. The number of pyridine rings is 1. The van der Waals surface area contributed by atoms with Crippen LogP contribution in [0.3, 0.4) is 0 Å². The molecule has 3 rings (SSSR count). The number of benzene rings is 1. The number of rotatable bonds is 6. The maximum atomic E-state index is 12.6. The van der Waals surface area contributed by atoms with Gasteiger partial charge in [-0.25, -0.2) is 4.98 Å². The first-order valence-electron chi connectivity index (χ1n) is 9.07. The number of nitrogens with one attached hydrogen (secondary N) is 1. The van der Waals surface area contributed by atoms with E-state index in [1.807, 2.05) is 45.0 Å². The molecule has 0 saturated heterocycles. The summed E-state index contributed by atoms with van der Waals surface area (Å²) in [5.74, 6) is 0.763. The summed E-state index contributed by atoms with van der Waals surface area (Å²) in [7, 11) is 0. The highest BCUT2D eigenvalue weighted by molar-refractivity contribution is 6.00. The number of aromatic nitrogens is 3. The Kier molecular flexibility index (Phi) is 5.49. The second-order valence-corrected chi connectivity index (χ2v) is 6.26. The summed E-state index contributed by atoms with van der Waals surface area (Å²) in [6.07, 6.45) is 1.76. The molecule has 2 aromatic heterocycles. The third-order valence-electron chi connectivity index (χ3n) is 4.50. The van der Waals surface area contributed by atoms with Crippen molar-refractivity contribution >= 4 is 28.6 Å². The van der Waals surface area contributed by atoms with Crippen LogP contribution in [0.1, 0.15) is 42.9 Å². The number of hydrogen-bond donors (Lipinski definition) is 2. The number of carbonyl (C=O) groups is 1. The lowest BCUT2D eigenvalue weighted by atomic mass is 10.1. The zero-order valence-corrected chi connectivity index (χ0v) is 15.8. The predicted molar refractivity (Wildman–Crippen MR) is 107 cm³/mol. The smallest absolute Gasteiger partial charge is 0.253 e. The second-order valence-electron chi connectivity index (χ2n) is 6.26. The molecule has 0 bridgehead atoms. The minimum Gasteiger partial charge on any atom is -0.368 e. The summed E-state index contributed by atoms with van der Waals surface area (Å²) in [6, 6.07) is 11.1. The molecule has 0 aliphatic carbocycles. The first kappa shape index (κ1) is 18.6. The summed E-state index contributed by atoms with van der Waals surface area (Å²) < 4.78 is 0. The molecule has 1 unspecified atom stereocenters. The molecule has 0 aliphatic heterocycles. The number of hydrogen-bond acceptors (Lipinski definition) is 6. The van der Waals surface area contributed by atoms with Gasteiger partial charge in [0.15, 0.2) is 0 Å². The van der Waals surface area contributed by atoms with Gasteiger partial charge in [0.25, 0.3) is 5.91 Å². The molecule has 3 aromatic rings. The van der Waals surface area contributed by atoms with Crippen molar-refractivity contribution in [2.75, 3.05) is 24.1 Å². The van der Waals surface area contributed by atoms with Gasteiger partial charge in [0.1, 0.15) is 5.82 Å². The molecule has 0 aliphatic rings. The maximum Gasteiger partial charge on any atom is 0.253 e. The van der Waals surface area contributed by atoms with E-state index in [0.717, 1.165) is 11.1 Å². The van der Waals surface area contributed by atoms with Gasteiger partial charge in [-0.15, -0.1) is 0 Å². The standard InChI is InChI=1S/C20H24N6O/c1-4-26(5-2)19(27)14-9-10-15-17(12-14)24-20(21)25-18(15)23-13(3)16-8-6-7-11-22-16/h6-13H,4-5H2,1-3H3,(H3,21,23,24,25). The SMILES string of the molecule is CCN(CC)C(=O)c1ccc2c(NC(C)c3ccccn3)nc(N)nc2c1. The van der Waals surface area contributed by atoms with Gasteiger partial charge in [-0.3, -0.25) is 9.78 Å². The summed E-state index contributed by atoms with van der Waals surface area (Å²) in [6.45, 7) is 7.25. The Bertz CT molecular complexity index is 940. The summed E-state index contributed by atoms with van der Waals surface area (Å²) >= 11 is 0. The van der Waals surface area contributed by atoms with E-state index in [2.05, 4.69) is 20.3 Å². The van der Waals surface area contributed by atoms with Crippen LogP contribution in [0.4, 0.5) is 11.8 Å². The predicted octanol–water partition coefficient (Wildman–Crippen LogP) is 3.26. The molecule has 2 heterocycles. The van der Waals surface area contributed by atoms with Crippen molar-refractivity contribution in [3.8, 4) is 0 Å². The van der Waals surface area contributed by atoms with Gasteiger partial charge in [-0.1, -0.05) is 6.07 Å². The van der Waals surface area contributed by atoms with E-state index < -0.39 is 0 Å². The van der Waals surface area contributed by atoms with Gasteiger partial charge in [0, 0.05) is 30.2 Å². The highest BCUT2D eigenvalue weighted by Crippen LogP contribution is 2.26. The number of anilines is 2. The van der Waals surface area contributed by atoms with Crippen molar-refractivity contribution in [2.45, 2.75) is 26.8 Å². The lowest BCUT2D eigenvalue weighted by molar-refractivity contribution is 0.0773. The third-order valence-corrected chi connectivity index (χ3v) is 4.50. The van der Waals surface area contributed by atoms with E-state index in [1.54, 1.807) is 23.2 Å². The number of nitrogen functional groups attached to an aromatic ring is 1. The highest BCUT2D eigenvalue weighted by atomic mass is 16.2. The van der Waals surface area contributed by atoms with E-state index in [-0.39, 0.29) is 17.9 Å². The minimum atomic E-state index is -0.0549. The zero-order valence-electron chi connectivity index (χ0n) is 15.8. The Hall–Kier alpha value is -3.22. The summed E-state index contributed by atoms with van der Waals surface area (Å²) in [5.41, 5.74) is 8.03. The molecule has 1 atom stereocenters. The first-order valence-corrected chi connectivity index (χ1v) is 9.07. The van der Waals surface area contributed by atoms with Crippen molar-refractivity contribution in [1.82, 2.24) is 19.9 Å². The fraction of sp³-hybridized carbons (Fsp3) is 0.300. The largest absolute Gasteiger partial charge is 0.368 e. The number of amides is 1. The molecule has 0 radical (unpaired) electrons. The monoisotopic (exact) mass is 364 g/mol. The van der Waals surface area contributed by atoms with Crippen LogP contribution in [-0.2, 0) is 0 Å². The first-order chi connectivity index (χ1) is 13.0. The summed E-state index contributed by atoms with van der Waals surface area (Å²) in [4.78, 5) is 27.4. The molecule has 27 heavy (non-hydrogen) atoms. The van der Waals surface area contributed by atoms with E-state index in [0.29, 0.717) is 30.0 Å². The minimum absolute atomic E-state index is 0.0181. The van der Waals surface area contributed by atoms with Crippen molar-refractivity contribution in [2.24, 2.45) is 0 Å². The van der Waals surface area contributed by atoms with E-state index >= 15 is 0 Å². The van der Waals surface area contributed by atoms with Crippen LogP contribution in [0.5, 0.6) is 0 Å². The molecule has 1 aromatic carbocycles. The highest BCUT2D eigenvalue weighted by Gasteiger charge is 2.16. The lowest BCUT2D eigenvalue weighted by Crippen LogP contribution is -2.30. The van der Waals surface area contributed by atoms with E-state index in [4.69, 9.17) is 5.73 Å². The Morgan fingerprint density at radius 3 is 2.63 bits per heavy atom. The van der Waals surface area contributed by atoms with Crippen LogP contribution in [-0.4, -0.2) is 38.8 Å². The van der Waals surface area contributed by atoms with Gasteiger partial charge in [0.2, 0.25) is 5.95 Å².